The molecular weight excluding hydrogens is 198 g/mol. The first kappa shape index (κ1) is 11.0. The molecule has 0 bridgehead atoms. The van der Waals surface area contributed by atoms with Gasteiger partial charge < -0.3 is 11.1 Å². The third kappa shape index (κ3) is 2.35. The molecule has 0 aliphatic heterocycles. The number of nitrogens with zero attached hydrogens (tertiary/aromatic N) is 1. The predicted octanol–water partition coefficient (Wildman–Crippen LogP) is 2.60. The lowest BCUT2D eigenvalue weighted by molar-refractivity contribution is 0.145. The molecule has 0 aromatic heterocycles. The molecule has 0 radical (unpaired) electrons. The van der Waals surface area contributed by atoms with Crippen molar-refractivity contribution in [2.75, 3.05) is 5.32 Å². The van der Waals surface area contributed by atoms with E-state index in [0.29, 0.717) is 17.4 Å². The molecule has 1 atom stereocenters. The van der Waals surface area contributed by atoms with E-state index < -0.39 is 0 Å². The van der Waals surface area contributed by atoms with Gasteiger partial charge in [-0.05, 0) is 30.4 Å². The third-order valence-corrected chi connectivity index (χ3v) is 3.31. The van der Waals surface area contributed by atoms with Crippen LogP contribution in [0.2, 0.25) is 0 Å². The molecular formula is C13H19N3. The van der Waals surface area contributed by atoms with E-state index in [4.69, 9.17) is 5.73 Å². The minimum atomic E-state index is 0.309. The van der Waals surface area contributed by atoms with Crippen LogP contribution in [0.15, 0.2) is 35.3 Å². The minimum absolute atomic E-state index is 0.309. The molecule has 0 heterocycles. The topological polar surface area (TPSA) is 50.4 Å². The Morgan fingerprint density at radius 1 is 1.38 bits per heavy atom. The molecule has 2 rings (SSSR count). The molecule has 0 spiro atoms. The van der Waals surface area contributed by atoms with Crippen molar-refractivity contribution < 1.29 is 0 Å². The number of hydrogen-bond acceptors (Lipinski definition) is 1. The zero-order valence-corrected chi connectivity index (χ0v) is 9.90. The first-order valence-electron chi connectivity index (χ1n) is 5.73. The second-order valence-corrected chi connectivity index (χ2v) is 5.05. The fourth-order valence-electron chi connectivity index (χ4n) is 1.96. The number of guanidine groups is 1. The Kier molecular flexibility index (Phi) is 2.86. The smallest absolute Gasteiger partial charge is 0.193 e. The normalized spacial score (nSPS) is 23.6. The summed E-state index contributed by atoms with van der Waals surface area (Å²) in [5.41, 5.74) is 7.17. The van der Waals surface area contributed by atoms with Crippen LogP contribution >= 0.6 is 0 Å². The molecule has 1 saturated carbocycles. The monoisotopic (exact) mass is 217 g/mol. The second-order valence-electron chi connectivity index (χ2n) is 5.05. The number of benzene rings is 1. The van der Waals surface area contributed by atoms with Gasteiger partial charge in [0.25, 0.3) is 0 Å². The van der Waals surface area contributed by atoms with Gasteiger partial charge in [0.15, 0.2) is 5.96 Å². The minimum Gasteiger partial charge on any atom is -0.370 e. The van der Waals surface area contributed by atoms with Gasteiger partial charge in [0.1, 0.15) is 0 Å². The van der Waals surface area contributed by atoms with E-state index in [0.717, 1.165) is 12.1 Å². The summed E-state index contributed by atoms with van der Waals surface area (Å²) in [5, 5.41) is 3.11. The maximum atomic E-state index is 5.88. The number of aliphatic imine (C=N–C) groups is 1. The van der Waals surface area contributed by atoms with Gasteiger partial charge in [0, 0.05) is 5.69 Å². The number of nitrogens with two attached hydrogens (primary N) is 1. The number of para-hydroxylation sites is 1. The van der Waals surface area contributed by atoms with Crippen molar-refractivity contribution in [1.82, 2.24) is 0 Å². The molecule has 16 heavy (non-hydrogen) atoms. The predicted molar refractivity (Wildman–Crippen MR) is 68.5 cm³/mol. The summed E-state index contributed by atoms with van der Waals surface area (Å²) < 4.78 is 0. The third-order valence-electron chi connectivity index (χ3n) is 3.31. The van der Waals surface area contributed by atoms with Crippen LogP contribution in [0.25, 0.3) is 0 Å². The second kappa shape index (κ2) is 4.16. The Bertz CT molecular complexity index is 381. The Morgan fingerprint density at radius 2 is 2.06 bits per heavy atom. The van der Waals surface area contributed by atoms with Gasteiger partial charge in [-0.2, -0.15) is 0 Å². The standard InChI is InChI=1S/C13H19N3/c1-13(2)9-8-11(13)16-12(14)15-10-6-4-3-5-7-10/h3-7,11H,8-9H2,1-2H3,(H3,14,15,16). The van der Waals surface area contributed by atoms with Crippen LogP contribution in [0.3, 0.4) is 0 Å². The summed E-state index contributed by atoms with van der Waals surface area (Å²) in [6.45, 7) is 4.47. The van der Waals surface area contributed by atoms with Gasteiger partial charge in [0.05, 0.1) is 6.04 Å². The van der Waals surface area contributed by atoms with Gasteiger partial charge in [-0.25, -0.2) is 4.99 Å². The quantitative estimate of drug-likeness (QED) is 0.591. The van der Waals surface area contributed by atoms with Gasteiger partial charge >= 0.3 is 0 Å². The van der Waals surface area contributed by atoms with Gasteiger partial charge in [-0.15, -0.1) is 0 Å². The fourth-order valence-corrected chi connectivity index (χ4v) is 1.96. The molecule has 1 unspecified atom stereocenters. The lowest BCUT2D eigenvalue weighted by Gasteiger charge is -2.41. The zero-order valence-electron chi connectivity index (χ0n) is 9.90. The number of rotatable bonds is 2. The van der Waals surface area contributed by atoms with Gasteiger partial charge in [-0.3, -0.25) is 0 Å². The van der Waals surface area contributed by atoms with Crippen molar-refractivity contribution in [1.29, 1.82) is 0 Å². The summed E-state index contributed by atoms with van der Waals surface area (Å²) in [7, 11) is 0. The van der Waals surface area contributed by atoms with E-state index in [2.05, 4.69) is 24.2 Å². The molecule has 3 N–H and O–H groups in total. The average Bonchev–Trinajstić information content (AvgIpc) is 2.26. The van der Waals surface area contributed by atoms with Gasteiger partial charge in [-0.1, -0.05) is 32.0 Å². The molecule has 3 heteroatoms. The summed E-state index contributed by atoms with van der Waals surface area (Å²) in [6.07, 6.45) is 2.38. The van der Waals surface area contributed by atoms with E-state index in [1.807, 2.05) is 30.3 Å². The van der Waals surface area contributed by atoms with Crippen molar-refractivity contribution in [3.8, 4) is 0 Å². The van der Waals surface area contributed by atoms with Crippen LogP contribution in [0.4, 0.5) is 5.69 Å². The number of nitrogens with one attached hydrogen (secondary N) is 1. The summed E-state index contributed by atoms with van der Waals surface area (Å²) in [4.78, 5) is 4.51. The first-order valence-corrected chi connectivity index (χ1v) is 5.73. The first-order chi connectivity index (χ1) is 7.58. The molecule has 0 amide bonds. The van der Waals surface area contributed by atoms with Crippen LogP contribution in [-0.4, -0.2) is 12.0 Å². The van der Waals surface area contributed by atoms with Crippen molar-refractivity contribution in [2.24, 2.45) is 16.1 Å². The van der Waals surface area contributed by atoms with Crippen molar-refractivity contribution >= 4 is 11.6 Å². The highest BCUT2D eigenvalue weighted by molar-refractivity contribution is 5.92. The molecule has 1 fully saturated rings. The van der Waals surface area contributed by atoms with Crippen molar-refractivity contribution in [3.05, 3.63) is 30.3 Å². The Hall–Kier alpha value is -1.51. The maximum Gasteiger partial charge on any atom is 0.193 e. The highest BCUT2D eigenvalue weighted by Crippen LogP contribution is 2.42. The zero-order chi connectivity index (χ0) is 11.6. The largest absolute Gasteiger partial charge is 0.370 e. The van der Waals surface area contributed by atoms with E-state index in [-0.39, 0.29) is 0 Å². The molecule has 0 saturated heterocycles. The summed E-state index contributed by atoms with van der Waals surface area (Å²) in [6, 6.07) is 10.3. The Morgan fingerprint density at radius 3 is 2.56 bits per heavy atom. The summed E-state index contributed by atoms with van der Waals surface area (Å²) >= 11 is 0. The molecule has 1 aliphatic carbocycles. The Balaban J connectivity index is 1.98. The number of hydrogen-bond donors (Lipinski definition) is 2. The van der Waals surface area contributed by atoms with E-state index in [9.17, 15) is 0 Å². The van der Waals surface area contributed by atoms with Crippen molar-refractivity contribution in [2.45, 2.75) is 32.7 Å². The lowest BCUT2D eigenvalue weighted by atomic mass is 9.68. The van der Waals surface area contributed by atoms with E-state index in [1.165, 1.54) is 6.42 Å². The summed E-state index contributed by atoms with van der Waals surface area (Å²) in [5.74, 6) is 0.518. The van der Waals surface area contributed by atoms with Crippen LogP contribution in [0.5, 0.6) is 0 Å². The molecule has 1 aromatic carbocycles. The SMILES string of the molecule is CC1(C)CCC1N=C(N)Nc1ccccc1. The maximum absolute atomic E-state index is 5.88. The van der Waals surface area contributed by atoms with Crippen LogP contribution in [-0.2, 0) is 0 Å². The number of anilines is 1. The highest BCUT2D eigenvalue weighted by Gasteiger charge is 2.38. The van der Waals surface area contributed by atoms with E-state index in [1.54, 1.807) is 0 Å². The molecule has 86 valence electrons. The van der Waals surface area contributed by atoms with Crippen LogP contribution < -0.4 is 11.1 Å². The Labute approximate surface area is 96.8 Å². The molecule has 1 aromatic rings. The van der Waals surface area contributed by atoms with Crippen LogP contribution in [0, 0.1) is 5.41 Å². The molecule has 3 nitrogen and oxygen atoms in total. The van der Waals surface area contributed by atoms with Crippen LogP contribution in [0.1, 0.15) is 26.7 Å². The fraction of sp³-hybridized carbons (Fsp3) is 0.462. The lowest BCUT2D eigenvalue weighted by Crippen LogP contribution is -2.40. The molecule has 1 aliphatic rings. The average molecular weight is 217 g/mol. The van der Waals surface area contributed by atoms with E-state index >= 15 is 0 Å². The van der Waals surface area contributed by atoms with Gasteiger partial charge in [0.2, 0.25) is 0 Å². The van der Waals surface area contributed by atoms with Crippen molar-refractivity contribution in [3.63, 3.8) is 0 Å². The highest BCUT2D eigenvalue weighted by atomic mass is 15.1.